The van der Waals surface area contributed by atoms with Crippen LogP contribution in [0.5, 0.6) is 0 Å². The monoisotopic (exact) mass is 410 g/mol. The number of carbonyl (C=O) groups is 1. The van der Waals surface area contributed by atoms with Crippen molar-refractivity contribution >= 4 is 5.97 Å². The van der Waals surface area contributed by atoms with Crippen molar-refractivity contribution in [3.05, 3.63) is 34.4 Å². The minimum Gasteiger partial charge on any atom is -0.462 e. The van der Waals surface area contributed by atoms with Gasteiger partial charge in [0.1, 0.15) is 6.10 Å². The highest BCUT2D eigenvalue weighted by Crippen LogP contribution is 2.61. The number of rotatable bonds is 6. The fourth-order valence-corrected chi connectivity index (χ4v) is 7.38. The second-order valence-electron chi connectivity index (χ2n) is 11.3. The lowest BCUT2D eigenvalue weighted by Crippen LogP contribution is -2.36. The van der Waals surface area contributed by atoms with E-state index in [1.165, 1.54) is 57.4 Å². The maximum Gasteiger partial charge on any atom is 0.302 e. The molecule has 1 aromatic carbocycles. The quantitative estimate of drug-likeness (QED) is 0.471. The molecule has 0 aromatic heterocycles. The van der Waals surface area contributed by atoms with Crippen LogP contribution in [0.3, 0.4) is 0 Å². The van der Waals surface area contributed by atoms with Gasteiger partial charge in [-0.25, -0.2) is 0 Å². The molecule has 3 aliphatic rings. The SMILES string of the molecule is CC(=O)O[C@H]1CCc2c(ccc3c2CC[C@]2(C)[C@@H]([C@H](C)CCCC(C)C)CC[C@@H]32)C1. The van der Waals surface area contributed by atoms with Crippen molar-refractivity contribution in [1.82, 2.24) is 0 Å². The first-order valence-corrected chi connectivity index (χ1v) is 12.6. The van der Waals surface area contributed by atoms with Crippen LogP contribution in [0.25, 0.3) is 0 Å². The summed E-state index contributed by atoms with van der Waals surface area (Å²) < 4.78 is 5.53. The molecule has 0 bridgehead atoms. The molecule has 1 fully saturated rings. The second-order valence-corrected chi connectivity index (χ2v) is 11.3. The summed E-state index contributed by atoms with van der Waals surface area (Å²) in [6.07, 6.45) is 12.6. The Morgan fingerprint density at radius 2 is 1.90 bits per heavy atom. The Balaban J connectivity index is 1.51. The van der Waals surface area contributed by atoms with E-state index in [1.54, 1.807) is 16.7 Å². The van der Waals surface area contributed by atoms with Crippen molar-refractivity contribution in [1.29, 1.82) is 0 Å². The Kier molecular flexibility index (Phi) is 6.33. The van der Waals surface area contributed by atoms with Crippen LogP contribution in [-0.4, -0.2) is 12.1 Å². The van der Waals surface area contributed by atoms with Gasteiger partial charge in [0.15, 0.2) is 0 Å². The molecule has 1 saturated carbocycles. The predicted octanol–water partition coefficient (Wildman–Crippen LogP) is 7.02. The summed E-state index contributed by atoms with van der Waals surface area (Å²) in [6.45, 7) is 11.4. The highest BCUT2D eigenvalue weighted by Gasteiger charge is 2.51. The van der Waals surface area contributed by atoms with Crippen molar-refractivity contribution in [2.45, 2.75) is 111 Å². The normalized spacial score (nSPS) is 31.1. The zero-order valence-electron chi connectivity index (χ0n) is 19.9. The Morgan fingerprint density at radius 1 is 1.10 bits per heavy atom. The average Bonchev–Trinajstić information content (AvgIpc) is 3.04. The van der Waals surface area contributed by atoms with E-state index in [0.29, 0.717) is 5.41 Å². The van der Waals surface area contributed by atoms with Crippen LogP contribution in [0, 0.1) is 23.2 Å². The molecule has 0 aliphatic heterocycles. The molecule has 166 valence electrons. The third-order valence-corrected chi connectivity index (χ3v) is 8.89. The number of benzene rings is 1. The van der Waals surface area contributed by atoms with Crippen molar-refractivity contribution in [2.75, 3.05) is 0 Å². The highest BCUT2D eigenvalue weighted by atomic mass is 16.5. The van der Waals surface area contributed by atoms with Gasteiger partial charge < -0.3 is 4.74 Å². The fraction of sp³-hybridized carbons (Fsp3) is 0.750. The lowest BCUT2D eigenvalue weighted by Gasteiger charge is -2.45. The molecule has 0 saturated heterocycles. The molecule has 0 heterocycles. The van der Waals surface area contributed by atoms with E-state index in [2.05, 4.69) is 39.8 Å². The summed E-state index contributed by atoms with van der Waals surface area (Å²) in [7, 11) is 0. The van der Waals surface area contributed by atoms with Gasteiger partial charge in [-0.15, -0.1) is 0 Å². The van der Waals surface area contributed by atoms with Crippen molar-refractivity contribution in [3.63, 3.8) is 0 Å². The smallest absolute Gasteiger partial charge is 0.302 e. The van der Waals surface area contributed by atoms with Gasteiger partial charge in [-0.1, -0.05) is 59.1 Å². The lowest BCUT2D eigenvalue weighted by molar-refractivity contribution is -0.146. The van der Waals surface area contributed by atoms with Crippen molar-refractivity contribution in [3.8, 4) is 0 Å². The lowest BCUT2D eigenvalue weighted by atomic mass is 9.59. The Morgan fingerprint density at radius 3 is 2.63 bits per heavy atom. The fourth-order valence-electron chi connectivity index (χ4n) is 7.38. The van der Waals surface area contributed by atoms with Gasteiger partial charge in [0.2, 0.25) is 0 Å². The van der Waals surface area contributed by atoms with E-state index in [4.69, 9.17) is 4.74 Å². The van der Waals surface area contributed by atoms with Gasteiger partial charge in [0.25, 0.3) is 0 Å². The van der Waals surface area contributed by atoms with Crippen LogP contribution in [0.4, 0.5) is 0 Å². The first-order valence-electron chi connectivity index (χ1n) is 12.6. The number of esters is 1. The average molecular weight is 411 g/mol. The third kappa shape index (κ3) is 4.08. The largest absolute Gasteiger partial charge is 0.462 e. The van der Waals surface area contributed by atoms with Crippen LogP contribution in [0.2, 0.25) is 0 Å². The molecule has 2 heteroatoms. The van der Waals surface area contributed by atoms with E-state index in [0.717, 1.165) is 42.9 Å². The number of ether oxygens (including phenoxy) is 1. The van der Waals surface area contributed by atoms with E-state index in [9.17, 15) is 4.79 Å². The number of carbonyl (C=O) groups excluding carboxylic acids is 1. The minimum atomic E-state index is -0.142. The molecule has 4 rings (SSSR count). The maximum atomic E-state index is 11.4. The number of hydrogen-bond acceptors (Lipinski definition) is 2. The van der Waals surface area contributed by atoms with Gasteiger partial charge in [-0.05, 0) is 89.9 Å². The second kappa shape index (κ2) is 8.67. The Labute approximate surface area is 184 Å². The van der Waals surface area contributed by atoms with E-state index in [-0.39, 0.29) is 12.1 Å². The Bertz CT molecular complexity index is 779. The van der Waals surface area contributed by atoms with Gasteiger partial charge >= 0.3 is 5.97 Å². The first-order chi connectivity index (χ1) is 14.3. The molecular formula is C28H42O2. The summed E-state index contributed by atoms with van der Waals surface area (Å²) in [4.78, 5) is 11.4. The van der Waals surface area contributed by atoms with Gasteiger partial charge in [0.05, 0.1) is 0 Å². The van der Waals surface area contributed by atoms with Crippen LogP contribution >= 0.6 is 0 Å². The molecule has 30 heavy (non-hydrogen) atoms. The van der Waals surface area contributed by atoms with Crippen LogP contribution < -0.4 is 0 Å². The molecule has 0 amide bonds. The molecule has 0 radical (unpaired) electrons. The highest BCUT2D eigenvalue weighted by molar-refractivity contribution is 5.66. The van der Waals surface area contributed by atoms with Crippen molar-refractivity contribution in [2.24, 2.45) is 23.2 Å². The van der Waals surface area contributed by atoms with Crippen LogP contribution in [0.15, 0.2) is 12.1 Å². The molecule has 3 aliphatic carbocycles. The minimum absolute atomic E-state index is 0.0736. The molecule has 5 atom stereocenters. The molecule has 2 nitrogen and oxygen atoms in total. The van der Waals surface area contributed by atoms with Crippen LogP contribution in [-0.2, 0) is 28.8 Å². The summed E-state index contributed by atoms with van der Waals surface area (Å²) in [5, 5.41) is 0. The number of hydrogen-bond donors (Lipinski definition) is 0. The molecule has 0 spiro atoms. The number of fused-ring (bicyclic) bond motifs is 5. The zero-order chi connectivity index (χ0) is 21.5. The molecular weight excluding hydrogens is 368 g/mol. The van der Waals surface area contributed by atoms with Gasteiger partial charge in [-0.2, -0.15) is 0 Å². The zero-order valence-corrected chi connectivity index (χ0v) is 19.9. The van der Waals surface area contributed by atoms with Crippen molar-refractivity contribution < 1.29 is 9.53 Å². The maximum absolute atomic E-state index is 11.4. The van der Waals surface area contributed by atoms with Crippen LogP contribution in [0.1, 0.15) is 108 Å². The van der Waals surface area contributed by atoms with E-state index in [1.807, 2.05) is 0 Å². The van der Waals surface area contributed by atoms with E-state index >= 15 is 0 Å². The molecule has 0 unspecified atom stereocenters. The summed E-state index contributed by atoms with van der Waals surface area (Å²) in [5.41, 5.74) is 6.86. The summed E-state index contributed by atoms with van der Waals surface area (Å²) in [5.74, 6) is 3.17. The summed E-state index contributed by atoms with van der Waals surface area (Å²) >= 11 is 0. The van der Waals surface area contributed by atoms with Gasteiger partial charge in [0, 0.05) is 13.3 Å². The summed E-state index contributed by atoms with van der Waals surface area (Å²) in [6, 6.07) is 4.83. The predicted molar refractivity (Wildman–Crippen MR) is 124 cm³/mol. The van der Waals surface area contributed by atoms with Gasteiger partial charge in [-0.3, -0.25) is 4.79 Å². The topological polar surface area (TPSA) is 26.3 Å². The van der Waals surface area contributed by atoms with E-state index < -0.39 is 0 Å². The molecule has 0 N–H and O–H groups in total. The first kappa shape index (κ1) is 21.9. The molecule has 1 aromatic rings. The third-order valence-electron chi connectivity index (χ3n) is 8.89. The standard InChI is InChI=1S/C28H42O2/c1-18(2)7-6-8-19(3)26-13-14-27-25-11-9-21-17-22(30-20(4)29)10-12-23(21)24(25)15-16-28(26,27)5/h9,11,18-19,22,26-27H,6-8,10,12-17H2,1-5H3/t19-,22+,26-,27+,28-/m1/s1. The Hall–Kier alpha value is -1.31.